The maximum atomic E-state index is 4.61. The Hall–Kier alpha value is -1.03. The van der Waals surface area contributed by atoms with Gasteiger partial charge in [0.1, 0.15) is 0 Å². The highest BCUT2D eigenvalue weighted by molar-refractivity contribution is 5.51. The maximum Gasteiger partial charge on any atom is 0.0855 e. The number of rotatable bonds is 5. The molecule has 0 saturated carbocycles. The van der Waals surface area contributed by atoms with Gasteiger partial charge in [-0.1, -0.05) is 27.7 Å². The molecule has 2 heterocycles. The Morgan fingerprint density at radius 2 is 2.15 bits per heavy atom. The minimum atomic E-state index is 0.591. The Bertz CT molecular complexity index is 424. The van der Waals surface area contributed by atoms with Gasteiger partial charge in [-0.2, -0.15) is 5.10 Å². The first kappa shape index (κ1) is 15.4. The molecule has 4 nitrogen and oxygen atoms in total. The van der Waals surface area contributed by atoms with Crippen LogP contribution in [0.2, 0.25) is 0 Å². The second-order valence-corrected chi connectivity index (χ2v) is 6.44. The molecular formula is C16H30N4. The molecule has 1 saturated heterocycles. The second kappa shape index (κ2) is 6.61. The van der Waals surface area contributed by atoms with Crippen LogP contribution in [0.25, 0.3) is 0 Å². The van der Waals surface area contributed by atoms with Crippen molar-refractivity contribution in [3.05, 3.63) is 11.9 Å². The van der Waals surface area contributed by atoms with E-state index in [1.165, 1.54) is 24.2 Å². The molecule has 0 spiro atoms. The SMILES string of the molecule is CCc1nn(C)cc1N1CC(CC(C)C)NCC1CC. The summed E-state index contributed by atoms with van der Waals surface area (Å²) in [5.41, 5.74) is 2.58. The molecule has 1 aliphatic rings. The zero-order valence-corrected chi connectivity index (χ0v) is 13.7. The van der Waals surface area contributed by atoms with Gasteiger partial charge in [-0.05, 0) is 25.2 Å². The first-order chi connectivity index (χ1) is 9.55. The molecule has 2 unspecified atom stereocenters. The van der Waals surface area contributed by atoms with Gasteiger partial charge in [0.05, 0.1) is 11.4 Å². The smallest absolute Gasteiger partial charge is 0.0855 e. The Morgan fingerprint density at radius 1 is 1.40 bits per heavy atom. The zero-order valence-electron chi connectivity index (χ0n) is 13.7. The lowest BCUT2D eigenvalue weighted by Crippen LogP contribution is -2.57. The van der Waals surface area contributed by atoms with Gasteiger partial charge < -0.3 is 10.2 Å². The van der Waals surface area contributed by atoms with Gasteiger partial charge in [-0.15, -0.1) is 0 Å². The number of aryl methyl sites for hydroxylation is 2. The van der Waals surface area contributed by atoms with Crippen LogP contribution in [0.15, 0.2) is 6.20 Å². The molecule has 4 heteroatoms. The summed E-state index contributed by atoms with van der Waals surface area (Å²) in [7, 11) is 2.03. The van der Waals surface area contributed by atoms with Crippen LogP contribution in [0.5, 0.6) is 0 Å². The molecule has 114 valence electrons. The summed E-state index contributed by atoms with van der Waals surface area (Å²) in [6.45, 7) is 11.3. The quantitative estimate of drug-likeness (QED) is 0.898. The highest BCUT2D eigenvalue weighted by Crippen LogP contribution is 2.26. The van der Waals surface area contributed by atoms with Crippen LogP contribution in [0.4, 0.5) is 5.69 Å². The highest BCUT2D eigenvalue weighted by Gasteiger charge is 2.29. The molecule has 1 aromatic heterocycles. The van der Waals surface area contributed by atoms with Gasteiger partial charge in [0.15, 0.2) is 0 Å². The lowest BCUT2D eigenvalue weighted by atomic mass is 9.98. The van der Waals surface area contributed by atoms with E-state index in [4.69, 9.17) is 0 Å². The fourth-order valence-electron chi connectivity index (χ4n) is 3.26. The molecule has 0 aliphatic carbocycles. The van der Waals surface area contributed by atoms with Crippen molar-refractivity contribution in [1.29, 1.82) is 0 Å². The van der Waals surface area contributed by atoms with Gasteiger partial charge in [0, 0.05) is 38.4 Å². The third kappa shape index (κ3) is 3.35. The molecule has 0 radical (unpaired) electrons. The van der Waals surface area contributed by atoms with Crippen LogP contribution in [0.1, 0.15) is 46.2 Å². The average molecular weight is 278 g/mol. The average Bonchev–Trinajstić information content (AvgIpc) is 2.79. The van der Waals surface area contributed by atoms with Crippen LogP contribution in [-0.2, 0) is 13.5 Å². The van der Waals surface area contributed by atoms with Crippen LogP contribution in [0.3, 0.4) is 0 Å². The van der Waals surface area contributed by atoms with Crippen molar-refractivity contribution >= 4 is 5.69 Å². The first-order valence-electron chi connectivity index (χ1n) is 8.07. The Kier molecular flexibility index (Phi) is 5.08. The van der Waals surface area contributed by atoms with E-state index in [0.29, 0.717) is 12.1 Å². The molecular weight excluding hydrogens is 248 g/mol. The van der Waals surface area contributed by atoms with Crippen molar-refractivity contribution < 1.29 is 0 Å². The summed E-state index contributed by atoms with van der Waals surface area (Å²) < 4.78 is 1.96. The minimum absolute atomic E-state index is 0.591. The number of nitrogens with zero attached hydrogens (tertiary/aromatic N) is 3. The minimum Gasteiger partial charge on any atom is -0.363 e. The second-order valence-electron chi connectivity index (χ2n) is 6.44. The molecule has 1 aromatic rings. The fraction of sp³-hybridized carbons (Fsp3) is 0.812. The van der Waals surface area contributed by atoms with Gasteiger partial charge in [0.25, 0.3) is 0 Å². The van der Waals surface area contributed by atoms with Crippen molar-refractivity contribution in [2.24, 2.45) is 13.0 Å². The van der Waals surface area contributed by atoms with E-state index in [1.807, 2.05) is 11.7 Å². The predicted molar refractivity (Wildman–Crippen MR) is 85.3 cm³/mol. The summed E-state index contributed by atoms with van der Waals surface area (Å²) in [5, 5.41) is 8.34. The third-order valence-corrected chi connectivity index (χ3v) is 4.25. The molecule has 2 atom stereocenters. The van der Waals surface area contributed by atoms with Gasteiger partial charge >= 0.3 is 0 Å². The first-order valence-corrected chi connectivity index (χ1v) is 8.07. The fourth-order valence-corrected chi connectivity index (χ4v) is 3.26. The Balaban J connectivity index is 2.19. The van der Waals surface area contributed by atoms with E-state index < -0.39 is 0 Å². The lowest BCUT2D eigenvalue weighted by molar-refractivity contribution is 0.343. The van der Waals surface area contributed by atoms with Crippen LogP contribution in [-0.4, -0.2) is 35.0 Å². The van der Waals surface area contributed by atoms with E-state index in [0.717, 1.165) is 25.4 Å². The number of hydrogen-bond donors (Lipinski definition) is 1. The summed E-state index contributed by atoms with van der Waals surface area (Å²) in [5.74, 6) is 0.743. The number of nitrogens with one attached hydrogen (secondary N) is 1. The maximum absolute atomic E-state index is 4.61. The van der Waals surface area contributed by atoms with Crippen molar-refractivity contribution in [2.75, 3.05) is 18.0 Å². The largest absolute Gasteiger partial charge is 0.363 e. The zero-order chi connectivity index (χ0) is 14.7. The lowest BCUT2D eigenvalue weighted by Gasteiger charge is -2.42. The Labute approximate surface area is 123 Å². The highest BCUT2D eigenvalue weighted by atomic mass is 15.3. The molecule has 20 heavy (non-hydrogen) atoms. The molecule has 0 aromatic carbocycles. The summed E-state index contributed by atoms with van der Waals surface area (Å²) >= 11 is 0. The van der Waals surface area contributed by atoms with Gasteiger partial charge in [-0.3, -0.25) is 4.68 Å². The number of anilines is 1. The van der Waals surface area contributed by atoms with Gasteiger partial charge in [0.2, 0.25) is 0 Å². The molecule has 2 rings (SSSR count). The number of hydrogen-bond acceptors (Lipinski definition) is 3. The predicted octanol–water partition coefficient (Wildman–Crippen LogP) is 2.59. The van der Waals surface area contributed by atoms with E-state index in [2.05, 4.69) is 49.2 Å². The van der Waals surface area contributed by atoms with Crippen molar-refractivity contribution in [3.63, 3.8) is 0 Å². The summed E-state index contributed by atoms with van der Waals surface area (Å²) in [4.78, 5) is 2.59. The van der Waals surface area contributed by atoms with E-state index in [1.54, 1.807) is 0 Å². The normalized spacial score (nSPS) is 23.6. The summed E-state index contributed by atoms with van der Waals surface area (Å²) in [6, 6.07) is 1.19. The summed E-state index contributed by atoms with van der Waals surface area (Å²) in [6.07, 6.45) is 5.62. The number of aromatic nitrogens is 2. The molecule has 0 amide bonds. The van der Waals surface area contributed by atoms with Crippen LogP contribution < -0.4 is 10.2 Å². The Morgan fingerprint density at radius 3 is 2.75 bits per heavy atom. The van der Waals surface area contributed by atoms with Crippen LogP contribution in [0, 0.1) is 5.92 Å². The standard InChI is InChI=1S/C16H30N4/c1-6-14-9-17-13(8-12(3)4)10-20(14)16-11-19(5)18-15(16)7-2/h11-14,17H,6-10H2,1-5H3. The topological polar surface area (TPSA) is 33.1 Å². The molecule has 1 aliphatic heterocycles. The molecule has 1 N–H and O–H groups in total. The van der Waals surface area contributed by atoms with Crippen molar-refractivity contribution in [3.8, 4) is 0 Å². The van der Waals surface area contributed by atoms with E-state index >= 15 is 0 Å². The third-order valence-electron chi connectivity index (χ3n) is 4.25. The van der Waals surface area contributed by atoms with E-state index in [-0.39, 0.29) is 0 Å². The van der Waals surface area contributed by atoms with Crippen molar-refractivity contribution in [1.82, 2.24) is 15.1 Å². The van der Waals surface area contributed by atoms with Gasteiger partial charge in [-0.25, -0.2) is 0 Å². The molecule has 0 bridgehead atoms. The van der Waals surface area contributed by atoms with Crippen molar-refractivity contribution in [2.45, 2.75) is 59.0 Å². The van der Waals surface area contributed by atoms with E-state index in [9.17, 15) is 0 Å². The van der Waals surface area contributed by atoms with Crippen LogP contribution >= 0.6 is 0 Å². The monoisotopic (exact) mass is 278 g/mol. The number of piperazine rings is 1. The molecule has 1 fully saturated rings.